The summed E-state index contributed by atoms with van der Waals surface area (Å²) in [6, 6.07) is 1.18. The molecule has 2 N–H and O–H groups in total. The Labute approximate surface area is 87.8 Å². The largest absolute Gasteiger partial charge is 0.326 e. The first-order valence-electron chi connectivity index (χ1n) is 6.31. The van der Waals surface area contributed by atoms with Gasteiger partial charge in [-0.25, -0.2) is 0 Å². The van der Waals surface area contributed by atoms with Gasteiger partial charge in [-0.1, -0.05) is 26.2 Å². The molecule has 1 heterocycles. The van der Waals surface area contributed by atoms with Crippen molar-refractivity contribution >= 4 is 0 Å². The highest BCUT2D eigenvalue weighted by atomic mass is 15.2. The maximum atomic E-state index is 6.17. The molecular weight excluding hydrogens is 172 g/mol. The second-order valence-electron chi connectivity index (χ2n) is 5.12. The molecule has 1 aliphatic carbocycles. The van der Waals surface area contributed by atoms with Crippen molar-refractivity contribution in [1.29, 1.82) is 0 Å². The molecule has 14 heavy (non-hydrogen) atoms. The summed E-state index contributed by atoms with van der Waals surface area (Å²) >= 11 is 0. The molecule has 2 rings (SSSR count). The normalized spacial score (nSPS) is 35.6. The Morgan fingerprint density at radius 1 is 1.21 bits per heavy atom. The molecule has 0 spiro atoms. The Bertz CT molecular complexity index is 175. The third kappa shape index (κ3) is 2.12. The molecule has 2 nitrogen and oxygen atoms in total. The molecule has 2 heteroatoms. The van der Waals surface area contributed by atoms with Crippen LogP contribution in [0.5, 0.6) is 0 Å². The van der Waals surface area contributed by atoms with Crippen LogP contribution < -0.4 is 5.73 Å². The monoisotopic (exact) mass is 196 g/mol. The van der Waals surface area contributed by atoms with E-state index in [1.54, 1.807) is 0 Å². The third-order valence-electron chi connectivity index (χ3n) is 3.93. The lowest BCUT2D eigenvalue weighted by Gasteiger charge is -2.48. The fourth-order valence-electron chi connectivity index (χ4n) is 3.06. The van der Waals surface area contributed by atoms with Crippen LogP contribution in [0.4, 0.5) is 0 Å². The van der Waals surface area contributed by atoms with Gasteiger partial charge < -0.3 is 5.73 Å². The second kappa shape index (κ2) is 4.63. The van der Waals surface area contributed by atoms with Gasteiger partial charge in [-0.15, -0.1) is 0 Å². The molecule has 2 aliphatic rings. The summed E-state index contributed by atoms with van der Waals surface area (Å²) < 4.78 is 0. The van der Waals surface area contributed by atoms with Crippen molar-refractivity contribution in [3.8, 4) is 0 Å². The van der Waals surface area contributed by atoms with E-state index >= 15 is 0 Å². The minimum absolute atomic E-state index is 0.464. The highest BCUT2D eigenvalue weighted by molar-refractivity contribution is 4.92. The lowest BCUT2D eigenvalue weighted by atomic mass is 9.85. The fourth-order valence-corrected chi connectivity index (χ4v) is 3.06. The van der Waals surface area contributed by atoms with E-state index in [0.717, 1.165) is 12.0 Å². The van der Waals surface area contributed by atoms with Crippen LogP contribution >= 0.6 is 0 Å². The van der Waals surface area contributed by atoms with E-state index in [0.29, 0.717) is 6.04 Å². The standard InChI is InChI=1S/C12H24N2/c1-2-5-10-8-14(9-10)12-7-4-3-6-11(12)13/h10-12H,2-9,13H2,1H3/t11-,12-/m1/s1. The number of hydrogen-bond acceptors (Lipinski definition) is 2. The number of likely N-dealkylation sites (tertiary alicyclic amines) is 1. The molecule has 0 unspecified atom stereocenters. The molecular formula is C12H24N2. The molecule has 1 aliphatic heterocycles. The first-order chi connectivity index (χ1) is 6.81. The predicted octanol–water partition coefficient (Wildman–Crippen LogP) is 1.99. The number of nitrogens with two attached hydrogens (primary N) is 1. The van der Waals surface area contributed by atoms with Crippen molar-refractivity contribution in [2.24, 2.45) is 11.7 Å². The minimum Gasteiger partial charge on any atom is -0.326 e. The molecule has 0 aromatic heterocycles. The molecule has 2 fully saturated rings. The van der Waals surface area contributed by atoms with Gasteiger partial charge in [0.25, 0.3) is 0 Å². The average molecular weight is 196 g/mol. The van der Waals surface area contributed by atoms with E-state index in [2.05, 4.69) is 11.8 Å². The van der Waals surface area contributed by atoms with Crippen LogP contribution in [-0.2, 0) is 0 Å². The summed E-state index contributed by atoms with van der Waals surface area (Å²) in [7, 11) is 0. The summed E-state index contributed by atoms with van der Waals surface area (Å²) in [5.74, 6) is 0.981. The van der Waals surface area contributed by atoms with Crippen molar-refractivity contribution in [1.82, 2.24) is 4.90 Å². The SMILES string of the molecule is CCCC1CN([C@@H]2CCCC[C@H]2N)C1. The van der Waals surface area contributed by atoms with Crippen molar-refractivity contribution in [2.75, 3.05) is 13.1 Å². The Hall–Kier alpha value is -0.0800. The van der Waals surface area contributed by atoms with Gasteiger partial charge in [0.05, 0.1) is 0 Å². The van der Waals surface area contributed by atoms with Crippen LogP contribution in [-0.4, -0.2) is 30.1 Å². The zero-order chi connectivity index (χ0) is 9.97. The Morgan fingerprint density at radius 2 is 1.93 bits per heavy atom. The highest BCUT2D eigenvalue weighted by Crippen LogP contribution is 2.29. The molecule has 0 radical (unpaired) electrons. The van der Waals surface area contributed by atoms with Crippen LogP contribution in [0, 0.1) is 5.92 Å². The third-order valence-corrected chi connectivity index (χ3v) is 3.93. The molecule has 82 valence electrons. The Morgan fingerprint density at radius 3 is 2.57 bits per heavy atom. The van der Waals surface area contributed by atoms with Crippen LogP contribution in [0.15, 0.2) is 0 Å². The van der Waals surface area contributed by atoms with E-state index in [1.165, 1.54) is 51.6 Å². The zero-order valence-electron chi connectivity index (χ0n) is 9.41. The average Bonchev–Trinajstić information content (AvgIpc) is 2.12. The van der Waals surface area contributed by atoms with Gasteiger partial charge in [0.1, 0.15) is 0 Å². The van der Waals surface area contributed by atoms with Gasteiger partial charge in [0, 0.05) is 25.2 Å². The molecule has 0 aromatic carbocycles. The van der Waals surface area contributed by atoms with Gasteiger partial charge >= 0.3 is 0 Å². The fraction of sp³-hybridized carbons (Fsp3) is 1.00. The predicted molar refractivity (Wildman–Crippen MR) is 60.2 cm³/mol. The summed E-state index contributed by atoms with van der Waals surface area (Å²) in [6.45, 7) is 4.94. The highest BCUT2D eigenvalue weighted by Gasteiger charge is 2.35. The summed E-state index contributed by atoms with van der Waals surface area (Å²) in [5.41, 5.74) is 6.17. The maximum Gasteiger partial charge on any atom is 0.0247 e. The van der Waals surface area contributed by atoms with Crippen LogP contribution in [0.25, 0.3) is 0 Å². The van der Waals surface area contributed by atoms with Crippen molar-refractivity contribution in [3.63, 3.8) is 0 Å². The zero-order valence-corrected chi connectivity index (χ0v) is 9.41. The van der Waals surface area contributed by atoms with Crippen molar-refractivity contribution < 1.29 is 0 Å². The lowest BCUT2D eigenvalue weighted by Crippen LogP contribution is -2.58. The second-order valence-corrected chi connectivity index (χ2v) is 5.12. The van der Waals surface area contributed by atoms with Gasteiger partial charge in [-0.05, 0) is 25.2 Å². The smallest absolute Gasteiger partial charge is 0.0247 e. The minimum atomic E-state index is 0.464. The number of hydrogen-bond donors (Lipinski definition) is 1. The van der Waals surface area contributed by atoms with Crippen LogP contribution in [0.2, 0.25) is 0 Å². The number of rotatable bonds is 3. The quantitative estimate of drug-likeness (QED) is 0.748. The van der Waals surface area contributed by atoms with Gasteiger partial charge in [-0.3, -0.25) is 4.90 Å². The summed E-state index contributed by atoms with van der Waals surface area (Å²) in [6.07, 6.45) is 8.10. The molecule has 2 atom stereocenters. The summed E-state index contributed by atoms with van der Waals surface area (Å²) in [5, 5.41) is 0. The molecule has 0 amide bonds. The Balaban J connectivity index is 1.74. The summed E-state index contributed by atoms with van der Waals surface area (Å²) in [4.78, 5) is 2.63. The van der Waals surface area contributed by atoms with Gasteiger partial charge in [0.15, 0.2) is 0 Å². The topological polar surface area (TPSA) is 29.3 Å². The maximum absolute atomic E-state index is 6.17. The molecule has 0 bridgehead atoms. The van der Waals surface area contributed by atoms with E-state index in [9.17, 15) is 0 Å². The van der Waals surface area contributed by atoms with Crippen molar-refractivity contribution in [3.05, 3.63) is 0 Å². The van der Waals surface area contributed by atoms with E-state index in [4.69, 9.17) is 5.73 Å². The van der Waals surface area contributed by atoms with Gasteiger partial charge in [-0.2, -0.15) is 0 Å². The lowest BCUT2D eigenvalue weighted by molar-refractivity contribution is 0.0220. The Kier molecular flexibility index (Phi) is 3.45. The molecule has 0 aromatic rings. The van der Waals surface area contributed by atoms with Crippen LogP contribution in [0.3, 0.4) is 0 Å². The van der Waals surface area contributed by atoms with E-state index < -0.39 is 0 Å². The first-order valence-corrected chi connectivity index (χ1v) is 6.31. The van der Waals surface area contributed by atoms with E-state index in [1.807, 2.05) is 0 Å². The van der Waals surface area contributed by atoms with Crippen molar-refractivity contribution in [2.45, 2.75) is 57.5 Å². The molecule has 1 saturated carbocycles. The van der Waals surface area contributed by atoms with Crippen LogP contribution in [0.1, 0.15) is 45.4 Å². The molecule has 1 saturated heterocycles. The first kappa shape index (κ1) is 10.4. The van der Waals surface area contributed by atoms with E-state index in [-0.39, 0.29) is 0 Å². The van der Waals surface area contributed by atoms with Gasteiger partial charge in [0.2, 0.25) is 0 Å². The number of nitrogens with zero attached hydrogens (tertiary/aromatic N) is 1.